The smallest absolute Gasteiger partial charge is 0.407 e. The highest BCUT2D eigenvalue weighted by Gasteiger charge is 2.42. The lowest BCUT2D eigenvalue weighted by atomic mass is 9.62. The van der Waals surface area contributed by atoms with Crippen LogP contribution in [0.25, 0.3) is 0 Å². The van der Waals surface area contributed by atoms with Gasteiger partial charge in [0, 0.05) is 12.6 Å². The molecular weight excluding hydrogens is 516 g/mol. The van der Waals surface area contributed by atoms with Crippen LogP contribution in [0, 0.1) is 10.8 Å². The van der Waals surface area contributed by atoms with Gasteiger partial charge in [0.05, 0.1) is 13.2 Å². The number of nitrogens with zero attached hydrogens (tertiary/aromatic N) is 1. The van der Waals surface area contributed by atoms with Crippen LogP contribution in [0.2, 0.25) is 38.3 Å². The average molecular weight is 573 g/mol. The molecular formula is C28H56N2O6Si2. The maximum Gasteiger partial charge on any atom is 0.407 e. The van der Waals surface area contributed by atoms with Crippen molar-refractivity contribution in [2.75, 3.05) is 26.4 Å². The fourth-order valence-corrected chi connectivity index (χ4v) is 11.5. The Bertz CT molecular complexity index is 783. The normalized spacial score (nSPS) is 22.0. The molecule has 0 aromatic rings. The van der Waals surface area contributed by atoms with Crippen LogP contribution in [-0.2, 0) is 23.1 Å². The monoisotopic (exact) mass is 572 g/mol. The van der Waals surface area contributed by atoms with Crippen LogP contribution in [-0.4, -0.2) is 67.0 Å². The Balaban J connectivity index is 2.31. The van der Waals surface area contributed by atoms with E-state index in [9.17, 15) is 9.59 Å². The first-order valence-corrected chi connectivity index (χ1v) is 20.6. The molecule has 0 aliphatic heterocycles. The number of hydrogen-bond acceptors (Lipinski definition) is 7. The van der Waals surface area contributed by atoms with Gasteiger partial charge in [-0.05, 0) is 88.6 Å². The Hall–Kier alpha value is -1.04. The maximum atomic E-state index is 12.4. The molecule has 0 radical (unpaired) electrons. The van der Waals surface area contributed by atoms with Crippen LogP contribution in [0.1, 0.15) is 80.1 Å². The maximum absolute atomic E-state index is 12.4. The lowest BCUT2D eigenvalue weighted by molar-refractivity contribution is -0.0965. The lowest BCUT2D eigenvalue weighted by Crippen LogP contribution is -2.48. The Morgan fingerprint density at radius 1 is 1.00 bits per heavy atom. The summed E-state index contributed by atoms with van der Waals surface area (Å²) < 4.78 is 24.1. The highest BCUT2D eigenvalue weighted by atomic mass is 28.4. The van der Waals surface area contributed by atoms with Gasteiger partial charge in [-0.2, -0.15) is 0 Å². The predicted octanol–water partition coefficient (Wildman–Crippen LogP) is 7.02. The molecule has 0 bridgehead atoms. The van der Waals surface area contributed by atoms with Gasteiger partial charge in [0.2, 0.25) is 6.08 Å². The summed E-state index contributed by atoms with van der Waals surface area (Å²) in [5.41, 5.74) is -0.0998. The van der Waals surface area contributed by atoms with E-state index in [1.807, 2.05) is 0 Å². The zero-order valence-corrected chi connectivity index (χ0v) is 28.0. The Kier molecular flexibility index (Phi) is 13.9. The zero-order chi connectivity index (χ0) is 29.1. The summed E-state index contributed by atoms with van der Waals surface area (Å²) in [6.07, 6.45) is 7.08. The number of ether oxygens (including phenoxy) is 2. The van der Waals surface area contributed by atoms with Crippen molar-refractivity contribution in [3.8, 4) is 0 Å². The van der Waals surface area contributed by atoms with Crippen LogP contribution >= 0.6 is 0 Å². The SMILES string of the molecule is CCCC[Si](C)(C)OC(C)(C)O[Si](C)(C)CCCOCCOC(=O)NC1CC(C)(C)CC(C)(CN=C=O)C1. The summed E-state index contributed by atoms with van der Waals surface area (Å²) in [5, 5.41) is 3.00. The third kappa shape index (κ3) is 14.9. The standard InChI is InChI=1S/C28H56N2O6Si2/c1-11-12-17-37(7,8)35-27(4,5)36-38(9,10)18-13-14-33-15-16-34-25(32)30-24-19-26(2,3)21-28(6,20-24)22-29-23-31/h24H,11-22H2,1-10H3,(H,30,32). The van der Waals surface area contributed by atoms with Gasteiger partial charge in [-0.15, -0.1) is 0 Å². The van der Waals surface area contributed by atoms with Crippen molar-refractivity contribution in [3.63, 3.8) is 0 Å². The van der Waals surface area contributed by atoms with Gasteiger partial charge >= 0.3 is 6.09 Å². The molecule has 1 rings (SSSR count). The minimum atomic E-state index is -1.92. The van der Waals surface area contributed by atoms with Crippen molar-refractivity contribution >= 4 is 28.8 Å². The fourth-order valence-electron chi connectivity index (χ4n) is 6.24. The lowest BCUT2D eigenvalue weighted by Gasteiger charge is -2.45. The van der Waals surface area contributed by atoms with E-state index in [0.717, 1.165) is 37.8 Å². The van der Waals surface area contributed by atoms with Gasteiger partial charge in [-0.25, -0.2) is 14.6 Å². The van der Waals surface area contributed by atoms with E-state index in [1.165, 1.54) is 12.8 Å². The number of amides is 1. The second kappa shape index (κ2) is 15.1. The van der Waals surface area contributed by atoms with Crippen molar-refractivity contribution < 1.29 is 27.9 Å². The molecule has 222 valence electrons. The summed E-state index contributed by atoms with van der Waals surface area (Å²) in [5.74, 6) is -0.562. The van der Waals surface area contributed by atoms with Crippen molar-refractivity contribution in [2.24, 2.45) is 15.8 Å². The molecule has 0 aromatic carbocycles. The first-order chi connectivity index (χ1) is 17.4. The highest BCUT2D eigenvalue weighted by Crippen LogP contribution is 2.46. The number of aliphatic imine (C=N–C) groups is 1. The van der Waals surface area contributed by atoms with Crippen LogP contribution < -0.4 is 5.32 Å². The summed E-state index contributed by atoms with van der Waals surface area (Å²) >= 11 is 0. The second-order valence-electron chi connectivity index (χ2n) is 13.9. The van der Waals surface area contributed by atoms with Gasteiger partial charge < -0.3 is 23.6 Å². The number of hydrogen-bond donors (Lipinski definition) is 1. The number of carbonyl (C=O) groups is 1. The number of unbranched alkanes of at least 4 members (excludes halogenated alkanes) is 1. The molecule has 8 nitrogen and oxygen atoms in total. The second-order valence-corrected chi connectivity index (χ2v) is 22.3. The number of carbonyl (C=O) groups excluding carboxylic acids is 2. The van der Waals surface area contributed by atoms with Gasteiger partial charge in [-0.1, -0.05) is 40.5 Å². The molecule has 1 saturated carbocycles. The average Bonchev–Trinajstić information content (AvgIpc) is 2.72. The Morgan fingerprint density at radius 3 is 2.18 bits per heavy atom. The molecule has 2 atom stereocenters. The summed E-state index contributed by atoms with van der Waals surface area (Å²) in [6, 6.07) is 2.11. The third-order valence-electron chi connectivity index (χ3n) is 7.00. The van der Waals surface area contributed by atoms with E-state index in [1.54, 1.807) is 6.08 Å². The molecule has 0 heterocycles. The number of rotatable bonds is 17. The molecule has 1 N–H and O–H groups in total. The largest absolute Gasteiger partial charge is 0.447 e. The quantitative estimate of drug-likeness (QED) is 0.0661. The molecule has 38 heavy (non-hydrogen) atoms. The molecule has 10 heteroatoms. The van der Waals surface area contributed by atoms with Gasteiger partial charge in [0.25, 0.3) is 0 Å². The van der Waals surface area contributed by atoms with Gasteiger partial charge in [-0.3, -0.25) is 0 Å². The zero-order valence-electron chi connectivity index (χ0n) is 26.0. The van der Waals surface area contributed by atoms with E-state index >= 15 is 0 Å². The molecule has 0 saturated heterocycles. The van der Waals surface area contributed by atoms with E-state index in [-0.39, 0.29) is 23.5 Å². The third-order valence-corrected chi connectivity index (χ3v) is 12.2. The minimum absolute atomic E-state index is 0.0145. The van der Waals surface area contributed by atoms with Crippen LogP contribution in [0.3, 0.4) is 0 Å². The van der Waals surface area contributed by atoms with Gasteiger partial charge in [0.15, 0.2) is 16.6 Å². The van der Waals surface area contributed by atoms with Crippen molar-refractivity contribution in [3.05, 3.63) is 0 Å². The first kappa shape index (κ1) is 35.0. The summed E-state index contributed by atoms with van der Waals surface area (Å²) in [7, 11) is -3.67. The molecule has 2 unspecified atom stereocenters. The minimum Gasteiger partial charge on any atom is -0.447 e. The van der Waals surface area contributed by atoms with E-state index in [0.29, 0.717) is 19.8 Å². The summed E-state index contributed by atoms with van der Waals surface area (Å²) in [6.45, 7) is 23.4. The predicted molar refractivity (Wildman–Crippen MR) is 158 cm³/mol. The van der Waals surface area contributed by atoms with Gasteiger partial charge in [0.1, 0.15) is 12.4 Å². The van der Waals surface area contributed by atoms with E-state index < -0.39 is 28.5 Å². The Labute approximate surface area is 234 Å². The molecule has 1 fully saturated rings. The number of alkyl carbamates (subject to hydrolysis) is 1. The van der Waals surface area contributed by atoms with Crippen LogP contribution in [0.5, 0.6) is 0 Å². The fraction of sp³-hybridized carbons (Fsp3) is 0.929. The van der Waals surface area contributed by atoms with E-state index in [4.69, 9.17) is 18.3 Å². The molecule has 0 spiro atoms. The molecule has 1 aliphatic rings. The highest BCUT2D eigenvalue weighted by molar-refractivity contribution is 6.72. The number of isocyanates is 1. The Morgan fingerprint density at radius 2 is 1.61 bits per heavy atom. The van der Waals surface area contributed by atoms with Crippen molar-refractivity contribution in [1.82, 2.24) is 5.32 Å². The summed E-state index contributed by atoms with van der Waals surface area (Å²) in [4.78, 5) is 26.8. The number of nitrogens with one attached hydrogen (secondary N) is 1. The first-order valence-electron chi connectivity index (χ1n) is 14.4. The van der Waals surface area contributed by atoms with E-state index in [2.05, 4.69) is 78.0 Å². The van der Waals surface area contributed by atoms with Crippen LogP contribution in [0.15, 0.2) is 4.99 Å². The van der Waals surface area contributed by atoms with Crippen LogP contribution in [0.4, 0.5) is 4.79 Å². The molecule has 0 aromatic heterocycles. The van der Waals surface area contributed by atoms with Crippen molar-refractivity contribution in [1.29, 1.82) is 0 Å². The topological polar surface area (TPSA) is 95.4 Å². The van der Waals surface area contributed by atoms with Crippen molar-refractivity contribution in [2.45, 2.75) is 130 Å². The molecule has 1 amide bonds. The molecule has 1 aliphatic carbocycles.